The number of fused-ring (bicyclic) bond motifs is 1. The molecule has 3 saturated carbocycles. The Hall–Kier alpha value is -1.12. The van der Waals surface area contributed by atoms with Crippen LogP contribution in [0.5, 0.6) is 0 Å². The van der Waals surface area contributed by atoms with Crippen LogP contribution in [0, 0.1) is 29.1 Å². The summed E-state index contributed by atoms with van der Waals surface area (Å²) in [7, 11) is 0. The Labute approximate surface area is 192 Å². The summed E-state index contributed by atoms with van der Waals surface area (Å²) in [5, 5.41) is 20.3. The third-order valence-corrected chi connectivity index (χ3v) is 8.20. The van der Waals surface area contributed by atoms with E-state index in [0.717, 1.165) is 24.8 Å². The molecule has 176 valence electrons. The molecule has 0 amide bonds. The van der Waals surface area contributed by atoms with Crippen LogP contribution in [0.1, 0.15) is 92.9 Å². The van der Waals surface area contributed by atoms with Crippen molar-refractivity contribution >= 4 is 0 Å². The molecular weight excluding hydrogens is 380 g/mol. The van der Waals surface area contributed by atoms with Gasteiger partial charge in [0.2, 0.25) is 0 Å². The van der Waals surface area contributed by atoms with Crippen LogP contribution in [-0.4, -0.2) is 22.4 Å². The molecule has 3 fully saturated rings. The highest BCUT2D eigenvalue weighted by Gasteiger charge is 2.50. The van der Waals surface area contributed by atoms with Gasteiger partial charge in [0, 0.05) is 0 Å². The molecule has 31 heavy (non-hydrogen) atoms. The zero-order valence-electron chi connectivity index (χ0n) is 21.0. The fourth-order valence-corrected chi connectivity index (χ4v) is 6.22. The van der Waals surface area contributed by atoms with Gasteiger partial charge in [0.15, 0.2) is 0 Å². The van der Waals surface area contributed by atoms with Gasteiger partial charge in [0.05, 0.1) is 12.2 Å². The summed E-state index contributed by atoms with van der Waals surface area (Å²) in [5.74, 6) is 2.14. The van der Waals surface area contributed by atoms with Crippen molar-refractivity contribution in [3.63, 3.8) is 0 Å². The second-order valence-corrected chi connectivity index (χ2v) is 10.4. The van der Waals surface area contributed by atoms with Crippen LogP contribution in [0.2, 0.25) is 0 Å². The quantitative estimate of drug-likeness (QED) is 0.448. The fourth-order valence-electron chi connectivity index (χ4n) is 6.22. The van der Waals surface area contributed by atoms with Crippen LogP contribution in [0.4, 0.5) is 0 Å². The molecule has 0 aliphatic heterocycles. The number of hydrogen-bond acceptors (Lipinski definition) is 2. The third-order valence-electron chi connectivity index (χ3n) is 8.20. The molecule has 6 atom stereocenters. The van der Waals surface area contributed by atoms with Crippen molar-refractivity contribution < 1.29 is 10.2 Å². The zero-order chi connectivity index (χ0) is 23.2. The van der Waals surface area contributed by atoms with E-state index in [1.807, 2.05) is 19.9 Å². The Morgan fingerprint density at radius 1 is 1.00 bits per heavy atom. The van der Waals surface area contributed by atoms with Gasteiger partial charge in [-0.15, -0.1) is 0 Å². The zero-order valence-corrected chi connectivity index (χ0v) is 21.0. The molecule has 3 aliphatic carbocycles. The van der Waals surface area contributed by atoms with Crippen molar-refractivity contribution in [2.75, 3.05) is 0 Å². The minimum atomic E-state index is -0.352. The number of hydrogen-bond donors (Lipinski definition) is 2. The van der Waals surface area contributed by atoms with Gasteiger partial charge in [-0.2, -0.15) is 0 Å². The van der Waals surface area contributed by atoms with Gasteiger partial charge in [-0.05, 0) is 91.6 Å². The van der Waals surface area contributed by atoms with Gasteiger partial charge in [-0.25, -0.2) is 0 Å². The number of rotatable bonds is 5. The van der Waals surface area contributed by atoms with Crippen LogP contribution >= 0.6 is 0 Å². The van der Waals surface area contributed by atoms with Crippen molar-refractivity contribution in [3.05, 3.63) is 47.6 Å². The summed E-state index contributed by atoms with van der Waals surface area (Å²) in [6, 6.07) is 0. The maximum absolute atomic E-state index is 10.2. The molecule has 0 saturated heterocycles. The van der Waals surface area contributed by atoms with Crippen LogP contribution in [0.15, 0.2) is 47.6 Å². The first-order valence-electron chi connectivity index (χ1n) is 12.9. The second kappa shape index (κ2) is 11.7. The van der Waals surface area contributed by atoms with Gasteiger partial charge in [-0.1, -0.05) is 78.0 Å². The van der Waals surface area contributed by atoms with E-state index in [0.29, 0.717) is 23.2 Å². The first kappa shape index (κ1) is 26.1. The highest BCUT2D eigenvalue weighted by atomic mass is 16.3. The molecule has 3 aliphatic rings. The fraction of sp³-hybridized carbons (Fsp3) is 0.724. The Morgan fingerprint density at radius 3 is 2.39 bits per heavy atom. The molecule has 0 radical (unpaired) electrons. The smallest absolute Gasteiger partial charge is 0.0787 e. The van der Waals surface area contributed by atoms with Gasteiger partial charge < -0.3 is 10.2 Å². The SMILES string of the molecule is C=C1/C(=C\C=C2/CCCC3(C)C2CCC3[C@H](C)/C=C/C(O)C(C)C)CCC[C@@H]1O.CC. The topological polar surface area (TPSA) is 40.5 Å². The van der Waals surface area contributed by atoms with Gasteiger partial charge >= 0.3 is 0 Å². The summed E-state index contributed by atoms with van der Waals surface area (Å²) < 4.78 is 0. The van der Waals surface area contributed by atoms with E-state index in [2.05, 4.69) is 52.5 Å². The number of aliphatic hydroxyl groups excluding tert-OH is 2. The lowest BCUT2D eigenvalue weighted by molar-refractivity contribution is 0.111. The highest BCUT2D eigenvalue weighted by Crippen LogP contribution is 2.59. The van der Waals surface area contributed by atoms with E-state index in [1.54, 1.807) is 5.57 Å². The van der Waals surface area contributed by atoms with E-state index < -0.39 is 0 Å². The predicted octanol–water partition coefficient (Wildman–Crippen LogP) is 7.39. The molecule has 0 aromatic carbocycles. The van der Waals surface area contributed by atoms with Crippen molar-refractivity contribution in [3.8, 4) is 0 Å². The third kappa shape index (κ3) is 6.02. The first-order chi connectivity index (χ1) is 14.7. The molecule has 2 N–H and O–H groups in total. The average molecular weight is 429 g/mol. The molecule has 0 aromatic heterocycles. The van der Waals surface area contributed by atoms with Crippen molar-refractivity contribution in [2.24, 2.45) is 29.1 Å². The average Bonchev–Trinajstić information content (AvgIpc) is 3.11. The normalized spacial score (nSPS) is 35.9. The van der Waals surface area contributed by atoms with Gasteiger partial charge in [0.25, 0.3) is 0 Å². The molecular formula is C29H48O2. The highest BCUT2D eigenvalue weighted by molar-refractivity contribution is 5.37. The lowest BCUT2D eigenvalue weighted by Crippen LogP contribution is -2.35. The van der Waals surface area contributed by atoms with Crippen LogP contribution in [0.25, 0.3) is 0 Å². The second-order valence-electron chi connectivity index (χ2n) is 10.4. The Kier molecular flexibility index (Phi) is 9.83. The standard InChI is InChI=1S/C27H42O2.C2H6/c1-18(2)25(28)16-11-19(3)23-14-15-24-22(9-7-17-27(23,24)5)13-12-21-8-6-10-26(29)20(21)4;1-2/h11-13,16,18-19,23-26,28-29H,4,6-10,14-15,17H2,1-3,5H3;1-2H3/b16-11+,21-12-,22-13+;/t19-,23?,24?,25?,26+,27?;/m1./s1. The van der Waals surface area contributed by atoms with E-state index in [9.17, 15) is 10.2 Å². The molecule has 2 heteroatoms. The molecule has 4 unspecified atom stereocenters. The lowest BCUT2D eigenvalue weighted by atomic mass is 9.61. The molecule has 0 bridgehead atoms. The van der Waals surface area contributed by atoms with Crippen LogP contribution < -0.4 is 0 Å². The summed E-state index contributed by atoms with van der Waals surface area (Å²) in [6.45, 7) is 17.1. The molecule has 3 rings (SSSR count). The lowest BCUT2D eigenvalue weighted by Gasteiger charge is -2.44. The van der Waals surface area contributed by atoms with E-state index in [4.69, 9.17) is 0 Å². The monoisotopic (exact) mass is 428 g/mol. The number of aliphatic hydroxyl groups is 2. The first-order valence-corrected chi connectivity index (χ1v) is 12.9. The molecule has 0 spiro atoms. The molecule has 2 nitrogen and oxygen atoms in total. The number of allylic oxidation sites excluding steroid dienone is 4. The Morgan fingerprint density at radius 2 is 1.71 bits per heavy atom. The minimum absolute atomic E-state index is 0.274. The van der Waals surface area contributed by atoms with E-state index >= 15 is 0 Å². The largest absolute Gasteiger partial charge is 0.389 e. The van der Waals surface area contributed by atoms with E-state index in [-0.39, 0.29) is 18.1 Å². The maximum Gasteiger partial charge on any atom is 0.0787 e. The van der Waals surface area contributed by atoms with Gasteiger partial charge in [-0.3, -0.25) is 0 Å². The minimum Gasteiger partial charge on any atom is -0.389 e. The summed E-state index contributed by atoms with van der Waals surface area (Å²) >= 11 is 0. The van der Waals surface area contributed by atoms with Crippen LogP contribution in [0.3, 0.4) is 0 Å². The van der Waals surface area contributed by atoms with Crippen molar-refractivity contribution in [1.29, 1.82) is 0 Å². The van der Waals surface area contributed by atoms with Crippen LogP contribution in [-0.2, 0) is 0 Å². The molecule has 0 heterocycles. The van der Waals surface area contributed by atoms with Crippen molar-refractivity contribution in [2.45, 2.75) is 105 Å². The summed E-state index contributed by atoms with van der Waals surface area (Å²) in [5.41, 5.74) is 4.15. The summed E-state index contributed by atoms with van der Waals surface area (Å²) in [6.07, 6.45) is 17.6. The molecule has 0 aromatic rings. The Balaban J connectivity index is 0.00000166. The van der Waals surface area contributed by atoms with Crippen molar-refractivity contribution in [1.82, 2.24) is 0 Å². The van der Waals surface area contributed by atoms with Gasteiger partial charge in [0.1, 0.15) is 0 Å². The predicted molar refractivity (Wildman–Crippen MR) is 134 cm³/mol. The maximum atomic E-state index is 10.2. The Bertz CT molecular complexity index is 683. The van der Waals surface area contributed by atoms with E-state index in [1.165, 1.54) is 37.7 Å². The summed E-state index contributed by atoms with van der Waals surface area (Å²) in [4.78, 5) is 0.